The molecule has 0 bridgehead atoms. The predicted molar refractivity (Wildman–Crippen MR) is 80.1 cm³/mol. The maximum absolute atomic E-state index is 11.9. The summed E-state index contributed by atoms with van der Waals surface area (Å²) in [5.41, 5.74) is 1.54. The lowest BCUT2D eigenvalue weighted by atomic mass is 10.1. The van der Waals surface area contributed by atoms with Crippen LogP contribution in [0.5, 0.6) is 0 Å². The largest absolute Gasteiger partial charge is 0.480 e. The van der Waals surface area contributed by atoms with Crippen molar-refractivity contribution in [2.45, 2.75) is 31.8 Å². The van der Waals surface area contributed by atoms with Gasteiger partial charge < -0.3 is 15.3 Å². The van der Waals surface area contributed by atoms with Gasteiger partial charge in [0.15, 0.2) is 0 Å². The molecular weight excluding hydrogens is 268 g/mol. The number of carbonyl (C=O) groups is 2. The summed E-state index contributed by atoms with van der Waals surface area (Å²) >= 11 is 0. The quantitative estimate of drug-likeness (QED) is 0.802. The Balaban J connectivity index is 1.96. The highest BCUT2D eigenvalue weighted by Crippen LogP contribution is 2.33. The first-order valence-electron chi connectivity index (χ1n) is 7.24. The number of nitrogens with zero attached hydrogens (tertiary/aromatic N) is 1. The monoisotopic (exact) mass is 290 g/mol. The van der Waals surface area contributed by atoms with E-state index in [9.17, 15) is 14.7 Å². The SMILES string of the molecule is CN(C)C(=O)c1cccc(CNC(CC2CC2)C(=O)O)c1. The van der Waals surface area contributed by atoms with Gasteiger partial charge in [-0.05, 0) is 30.0 Å². The minimum atomic E-state index is -0.803. The van der Waals surface area contributed by atoms with E-state index >= 15 is 0 Å². The first kappa shape index (κ1) is 15.5. The van der Waals surface area contributed by atoms with Crippen LogP contribution in [-0.4, -0.2) is 42.0 Å². The molecule has 114 valence electrons. The van der Waals surface area contributed by atoms with Gasteiger partial charge >= 0.3 is 5.97 Å². The number of rotatable bonds is 7. The summed E-state index contributed by atoms with van der Waals surface area (Å²) in [4.78, 5) is 24.7. The van der Waals surface area contributed by atoms with E-state index in [-0.39, 0.29) is 5.91 Å². The molecule has 21 heavy (non-hydrogen) atoms. The lowest BCUT2D eigenvalue weighted by Gasteiger charge is -2.15. The molecule has 1 aliphatic rings. The van der Waals surface area contributed by atoms with E-state index in [0.29, 0.717) is 24.4 Å². The Bertz CT molecular complexity index is 524. The molecule has 1 atom stereocenters. The van der Waals surface area contributed by atoms with Crippen molar-refractivity contribution in [2.24, 2.45) is 5.92 Å². The molecule has 0 heterocycles. The molecule has 5 nitrogen and oxygen atoms in total. The standard InChI is InChI=1S/C16H22N2O3/c1-18(2)15(19)13-5-3-4-12(8-13)10-17-14(16(20)21)9-11-6-7-11/h3-5,8,11,14,17H,6-7,9-10H2,1-2H3,(H,20,21). The zero-order chi connectivity index (χ0) is 15.4. The Hall–Kier alpha value is -1.88. The van der Waals surface area contributed by atoms with Crippen molar-refractivity contribution in [3.05, 3.63) is 35.4 Å². The topological polar surface area (TPSA) is 69.6 Å². The van der Waals surface area contributed by atoms with Crippen molar-refractivity contribution in [3.8, 4) is 0 Å². The maximum Gasteiger partial charge on any atom is 0.320 e. The van der Waals surface area contributed by atoms with Gasteiger partial charge in [0, 0.05) is 26.2 Å². The first-order chi connectivity index (χ1) is 9.97. The Morgan fingerprint density at radius 2 is 2.10 bits per heavy atom. The highest BCUT2D eigenvalue weighted by atomic mass is 16.4. The summed E-state index contributed by atoms with van der Waals surface area (Å²) in [6, 6.07) is 6.79. The van der Waals surface area contributed by atoms with Crippen LogP contribution in [0, 0.1) is 5.92 Å². The van der Waals surface area contributed by atoms with Crippen molar-refractivity contribution in [2.75, 3.05) is 14.1 Å². The van der Waals surface area contributed by atoms with Crippen LogP contribution in [0.4, 0.5) is 0 Å². The second kappa shape index (κ2) is 6.72. The number of amides is 1. The molecule has 1 aromatic carbocycles. The second-order valence-corrected chi connectivity index (χ2v) is 5.85. The fourth-order valence-corrected chi connectivity index (χ4v) is 2.27. The number of hydrogen-bond acceptors (Lipinski definition) is 3. The Kier molecular flexibility index (Phi) is 4.96. The summed E-state index contributed by atoms with van der Waals surface area (Å²) in [5.74, 6) is -0.299. The van der Waals surface area contributed by atoms with Crippen molar-refractivity contribution < 1.29 is 14.7 Å². The van der Waals surface area contributed by atoms with Crippen LogP contribution in [0.2, 0.25) is 0 Å². The Morgan fingerprint density at radius 3 is 2.67 bits per heavy atom. The van der Waals surface area contributed by atoms with Gasteiger partial charge in [0.2, 0.25) is 0 Å². The smallest absolute Gasteiger partial charge is 0.320 e. The van der Waals surface area contributed by atoms with E-state index in [1.54, 1.807) is 20.2 Å². The average molecular weight is 290 g/mol. The van der Waals surface area contributed by atoms with Crippen LogP contribution < -0.4 is 5.32 Å². The molecular formula is C16H22N2O3. The summed E-state index contributed by atoms with van der Waals surface area (Å²) in [5, 5.41) is 12.3. The van der Waals surface area contributed by atoms with Gasteiger partial charge in [0.1, 0.15) is 6.04 Å². The van der Waals surface area contributed by atoms with E-state index in [4.69, 9.17) is 0 Å². The van der Waals surface area contributed by atoms with Crippen LogP contribution in [0.3, 0.4) is 0 Å². The Morgan fingerprint density at radius 1 is 1.38 bits per heavy atom. The molecule has 1 aromatic rings. The number of aliphatic carboxylic acids is 1. The maximum atomic E-state index is 11.9. The molecule has 0 aliphatic heterocycles. The van der Waals surface area contributed by atoms with Gasteiger partial charge in [-0.2, -0.15) is 0 Å². The lowest BCUT2D eigenvalue weighted by molar-refractivity contribution is -0.139. The molecule has 0 saturated heterocycles. The number of carbonyl (C=O) groups excluding carboxylic acids is 1. The molecule has 5 heteroatoms. The predicted octanol–water partition coefficient (Wildman–Crippen LogP) is 1.73. The van der Waals surface area contributed by atoms with Crippen molar-refractivity contribution in [1.82, 2.24) is 10.2 Å². The number of benzene rings is 1. The zero-order valence-corrected chi connectivity index (χ0v) is 12.5. The summed E-state index contributed by atoms with van der Waals surface area (Å²) < 4.78 is 0. The van der Waals surface area contributed by atoms with Gasteiger partial charge in [-0.15, -0.1) is 0 Å². The van der Waals surface area contributed by atoms with Crippen molar-refractivity contribution >= 4 is 11.9 Å². The summed E-state index contributed by atoms with van der Waals surface area (Å²) in [6.07, 6.45) is 2.96. The molecule has 0 radical (unpaired) electrons. The summed E-state index contributed by atoms with van der Waals surface area (Å²) in [7, 11) is 3.42. The fraction of sp³-hybridized carbons (Fsp3) is 0.500. The molecule has 1 aliphatic carbocycles. The van der Waals surface area contributed by atoms with Crippen LogP contribution in [0.1, 0.15) is 35.2 Å². The van der Waals surface area contributed by atoms with Gasteiger partial charge in [-0.1, -0.05) is 25.0 Å². The highest BCUT2D eigenvalue weighted by Gasteiger charge is 2.28. The van der Waals surface area contributed by atoms with Crippen LogP contribution >= 0.6 is 0 Å². The van der Waals surface area contributed by atoms with Gasteiger partial charge in [0.05, 0.1) is 0 Å². The molecule has 1 fully saturated rings. The number of hydrogen-bond donors (Lipinski definition) is 2. The molecule has 2 N–H and O–H groups in total. The zero-order valence-electron chi connectivity index (χ0n) is 12.5. The van der Waals surface area contributed by atoms with Crippen LogP contribution in [0.15, 0.2) is 24.3 Å². The lowest BCUT2D eigenvalue weighted by Crippen LogP contribution is -2.36. The fourth-order valence-electron chi connectivity index (χ4n) is 2.27. The third-order valence-electron chi connectivity index (χ3n) is 3.70. The third-order valence-corrected chi connectivity index (χ3v) is 3.70. The van der Waals surface area contributed by atoms with Crippen molar-refractivity contribution in [1.29, 1.82) is 0 Å². The first-order valence-corrected chi connectivity index (χ1v) is 7.24. The molecule has 2 rings (SSSR count). The second-order valence-electron chi connectivity index (χ2n) is 5.85. The number of carboxylic acid groups (broad SMARTS) is 1. The molecule has 0 spiro atoms. The van der Waals surface area contributed by atoms with Crippen LogP contribution in [-0.2, 0) is 11.3 Å². The minimum Gasteiger partial charge on any atom is -0.480 e. The Labute approximate surface area is 125 Å². The summed E-state index contributed by atoms with van der Waals surface area (Å²) in [6.45, 7) is 0.457. The molecule has 1 unspecified atom stereocenters. The van der Waals surface area contributed by atoms with E-state index in [0.717, 1.165) is 18.4 Å². The van der Waals surface area contributed by atoms with E-state index in [2.05, 4.69) is 5.32 Å². The van der Waals surface area contributed by atoms with Gasteiger partial charge in [0.25, 0.3) is 5.91 Å². The van der Waals surface area contributed by atoms with Crippen LogP contribution in [0.25, 0.3) is 0 Å². The number of carboxylic acids is 1. The van der Waals surface area contributed by atoms with Gasteiger partial charge in [-0.25, -0.2) is 0 Å². The third kappa shape index (κ3) is 4.56. The average Bonchev–Trinajstić information content (AvgIpc) is 3.26. The number of nitrogens with one attached hydrogen (secondary N) is 1. The normalized spacial score (nSPS) is 15.5. The molecule has 1 saturated carbocycles. The molecule has 1 amide bonds. The van der Waals surface area contributed by atoms with Gasteiger partial charge in [-0.3, -0.25) is 9.59 Å². The highest BCUT2D eigenvalue weighted by molar-refractivity contribution is 5.94. The van der Waals surface area contributed by atoms with E-state index < -0.39 is 12.0 Å². The minimum absolute atomic E-state index is 0.0513. The van der Waals surface area contributed by atoms with E-state index in [1.165, 1.54) is 4.90 Å². The van der Waals surface area contributed by atoms with E-state index in [1.807, 2.05) is 18.2 Å². The van der Waals surface area contributed by atoms with Crippen molar-refractivity contribution in [3.63, 3.8) is 0 Å². The molecule has 0 aromatic heterocycles.